The Hall–Kier alpha value is -2.30. The first-order chi connectivity index (χ1) is 9.20. The van der Waals surface area contributed by atoms with Crippen molar-refractivity contribution in [3.8, 4) is 0 Å². The van der Waals surface area contributed by atoms with Crippen LogP contribution in [0.25, 0.3) is 0 Å². The average molecular weight is 258 g/mol. The minimum Gasteiger partial charge on any atom is -0.379 e. The number of aromatic nitrogens is 2. The van der Waals surface area contributed by atoms with E-state index in [2.05, 4.69) is 20.8 Å². The normalized spacial score (nSPS) is 10.2. The molecule has 1 aromatic carbocycles. The predicted octanol–water partition coefficient (Wildman–Crippen LogP) is 2.08. The molecule has 3 N–H and O–H groups in total. The van der Waals surface area contributed by atoms with Crippen molar-refractivity contribution in [3.63, 3.8) is 0 Å². The molecule has 1 heterocycles. The van der Waals surface area contributed by atoms with Crippen LogP contribution in [0, 0.1) is 6.92 Å². The maximum atomic E-state index is 11.7. The van der Waals surface area contributed by atoms with E-state index in [0.717, 1.165) is 16.9 Å². The van der Waals surface area contributed by atoms with Crippen LogP contribution in [0.2, 0.25) is 0 Å². The molecule has 2 rings (SSSR count). The van der Waals surface area contributed by atoms with Crippen molar-refractivity contribution in [2.75, 3.05) is 11.9 Å². The van der Waals surface area contributed by atoms with Crippen LogP contribution in [0.4, 0.5) is 5.69 Å². The second kappa shape index (κ2) is 6.04. The van der Waals surface area contributed by atoms with Gasteiger partial charge in [0.2, 0.25) is 0 Å². The summed E-state index contributed by atoms with van der Waals surface area (Å²) in [6.45, 7) is 5.21. The lowest BCUT2D eigenvalue weighted by Gasteiger charge is -2.10. The molecular formula is C14H18N4O. The first-order valence-corrected chi connectivity index (χ1v) is 6.31. The van der Waals surface area contributed by atoms with E-state index in [4.69, 9.17) is 0 Å². The summed E-state index contributed by atoms with van der Waals surface area (Å²) in [6, 6.07) is 7.56. The summed E-state index contributed by atoms with van der Waals surface area (Å²) in [5, 5.41) is 12.9. The summed E-state index contributed by atoms with van der Waals surface area (Å²) in [6.07, 6.45) is 1.72. The molecule has 0 bridgehead atoms. The molecule has 2 aromatic rings. The number of aromatic amines is 1. The van der Waals surface area contributed by atoms with Gasteiger partial charge in [-0.3, -0.25) is 9.89 Å². The molecule has 0 saturated carbocycles. The number of hydrogen-bond acceptors (Lipinski definition) is 3. The lowest BCUT2D eigenvalue weighted by atomic mass is 10.1. The van der Waals surface area contributed by atoms with Gasteiger partial charge >= 0.3 is 0 Å². The maximum Gasteiger partial charge on any atom is 0.251 e. The zero-order valence-electron chi connectivity index (χ0n) is 11.2. The van der Waals surface area contributed by atoms with Crippen molar-refractivity contribution in [3.05, 3.63) is 47.3 Å². The van der Waals surface area contributed by atoms with Crippen molar-refractivity contribution >= 4 is 11.6 Å². The monoisotopic (exact) mass is 258 g/mol. The summed E-state index contributed by atoms with van der Waals surface area (Å²) in [7, 11) is 0. The second-order valence-electron chi connectivity index (χ2n) is 4.32. The van der Waals surface area contributed by atoms with Crippen LogP contribution in [-0.2, 0) is 6.54 Å². The highest BCUT2D eigenvalue weighted by Gasteiger charge is 2.06. The van der Waals surface area contributed by atoms with E-state index in [-0.39, 0.29) is 5.91 Å². The van der Waals surface area contributed by atoms with Crippen LogP contribution >= 0.6 is 0 Å². The minimum atomic E-state index is -0.0364. The number of carbonyl (C=O) groups excluding carboxylic acids is 1. The molecule has 0 fully saturated rings. The van der Waals surface area contributed by atoms with Crippen LogP contribution in [-0.4, -0.2) is 22.6 Å². The first kappa shape index (κ1) is 13.1. The Balaban J connectivity index is 2.04. The highest BCUT2D eigenvalue weighted by Crippen LogP contribution is 2.17. The zero-order chi connectivity index (χ0) is 13.7. The lowest BCUT2D eigenvalue weighted by Crippen LogP contribution is -2.22. The van der Waals surface area contributed by atoms with Gasteiger partial charge in [-0.1, -0.05) is 0 Å². The van der Waals surface area contributed by atoms with Gasteiger partial charge in [0.1, 0.15) is 0 Å². The molecule has 5 nitrogen and oxygen atoms in total. The second-order valence-corrected chi connectivity index (χ2v) is 4.32. The van der Waals surface area contributed by atoms with Gasteiger partial charge in [-0.25, -0.2) is 0 Å². The number of rotatable bonds is 5. The number of aryl methyl sites for hydroxylation is 1. The molecule has 0 atom stereocenters. The summed E-state index contributed by atoms with van der Waals surface area (Å²) in [5.41, 5.74) is 3.77. The fraction of sp³-hybridized carbons (Fsp3) is 0.286. The molecule has 0 aliphatic heterocycles. The van der Waals surface area contributed by atoms with Gasteiger partial charge < -0.3 is 10.6 Å². The Morgan fingerprint density at radius 3 is 2.84 bits per heavy atom. The van der Waals surface area contributed by atoms with Crippen molar-refractivity contribution in [2.24, 2.45) is 0 Å². The molecule has 0 saturated heterocycles. The van der Waals surface area contributed by atoms with Crippen molar-refractivity contribution in [1.82, 2.24) is 15.5 Å². The lowest BCUT2D eigenvalue weighted by molar-refractivity contribution is 0.0956. The summed E-state index contributed by atoms with van der Waals surface area (Å²) in [4.78, 5) is 11.7. The topological polar surface area (TPSA) is 69.8 Å². The van der Waals surface area contributed by atoms with E-state index < -0.39 is 0 Å². The molecular weight excluding hydrogens is 240 g/mol. The third kappa shape index (κ3) is 3.34. The number of nitrogens with zero attached hydrogens (tertiary/aromatic N) is 1. The molecule has 0 unspecified atom stereocenters. The molecule has 0 aliphatic rings. The van der Waals surface area contributed by atoms with Crippen LogP contribution in [0.15, 0.2) is 30.5 Å². The number of nitrogens with one attached hydrogen (secondary N) is 3. The quantitative estimate of drug-likeness (QED) is 0.769. The van der Waals surface area contributed by atoms with Crippen molar-refractivity contribution < 1.29 is 4.79 Å². The predicted molar refractivity (Wildman–Crippen MR) is 75.1 cm³/mol. The molecule has 1 amide bonds. The number of H-pyrrole nitrogens is 1. The summed E-state index contributed by atoms with van der Waals surface area (Å²) < 4.78 is 0. The Morgan fingerprint density at radius 1 is 1.37 bits per heavy atom. The van der Waals surface area contributed by atoms with Gasteiger partial charge in [-0.05, 0) is 43.7 Å². The van der Waals surface area contributed by atoms with E-state index in [1.807, 2.05) is 38.1 Å². The first-order valence-electron chi connectivity index (χ1n) is 6.31. The third-order valence-corrected chi connectivity index (χ3v) is 2.85. The molecule has 0 radical (unpaired) electrons. The van der Waals surface area contributed by atoms with Crippen molar-refractivity contribution in [2.45, 2.75) is 20.4 Å². The number of carbonyl (C=O) groups is 1. The zero-order valence-corrected chi connectivity index (χ0v) is 11.2. The van der Waals surface area contributed by atoms with Gasteiger partial charge in [0.05, 0.1) is 12.2 Å². The fourth-order valence-electron chi connectivity index (χ4n) is 1.84. The van der Waals surface area contributed by atoms with E-state index >= 15 is 0 Å². The Bertz CT molecular complexity index is 549. The Morgan fingerprint density at radius 2 is 2.21 bits per heavy atom. The van der Waals surface area contributed by atoms with Crippen LogP contribution in [0.3, 0.4) is 0 Å². The average Bonchev–Trinajstić information content (AvgIpc) is 2.90. The van der Waals surface area contributed by atoms with Crippen LogP contribution in [0.5, 0.6) is 0 Å². The smallest absolute Gasteiger partial charge is 0.251 e. The summed E-state index contributed by atoms with van der Waals surface area (Å²) >= 11 is 0. The van der Waals surface area contributed by atoms with Gasteiger partial charge in [-0.2, -0.15) is 5.10 Å². The molecule has 0 aliphatic carbocycles. The highest BCUT2D eigenvalue weighted by molar-refractivity contribution is 5.94. The molecule has 5 heteroatoms. The van der Waals surface area contributed by atoms with Crippen molar-refractivity contribution in [1.29, 1.82) is 0 Å². The Labute approximate surface area is 112 Å². The van der Waals surface area contributed by atoms with E-state index in [1.165, 1.54) is 0 Å². The van der Waals surface area contributed by atoms with E-state index in [1.54, 1.807) is 6.20 Å². The SMILES string of the molecule is CCNC(=O)c1ccc(NCc2ccn[nH]2)c(C)c1. The van der Waals surface area contributed by atoms with E-state index in [0.29, 0.717) is 18.7 Å². The summed E-state index contributed by atoms with van der Waals surface area (Å²) in [5.74, 6) is -0.0364. The van der Waals surface area contributed by atoms with E-state index in [9.17, 15) is 4.79 Å². The number of hydrogen-bond donors (Lipinski definition) is 3. The standard InChI is InChI=1S/C14H18N4O/c1-3-15-14(19)11-4-5-13(10(2)8-11)16-9-12-6-7-17-18-12/h4-8,16H,3,9H2,1-2H3,(H,15,19)(H,17,18). The third-order valence-electron chi connectivity index (χ3n) is 2.85. The highest BCUT2D eigenvalue weighted by atomic mass is 16.1. The molecule has 0 spiro atoms. The molecule has 19 heavy (non-hydrogen) atoms. The maximum absolute atomic E-state index is 11.7. The van der Waals surface area contributed by atoms with Gasteiger partial charge in [0, 0.05) is 24.0 Å². The van der Waals surface area contributed by atoms with Crippen LogP contribution in [0.1, 0.15) is 28.5 Å². The van der Waals surface area contributed by atoms with Gasteiger partial charge in [0.15, 0.2) is 0 Å². The number of amides is 1. The fourth-order valence-corrected chi connectivity index (χ4v) is 1.84. The molecule has 100 valence electrons. The largest absolute Gasteiger partial charge is 0.379 e. The number of anilines is 1. The Kier molecular flexibility index (Phi) is 4.18. The van der Waals surface area contributed by atoms with Gasteiger partial charge in [0.25, 0.3) is 5.91 Å². The molecule has 1 aromatic heterocycles. The van der Waals surface area contributed by atoms with Crippen LogP contribution < -0.4 is 10.6 Å². The number of benzene rings is 1. The minimum absolute atomic E-state index is 0.0364. The van der Waals surface area contributed by atoms with Gasteiger partial charge in [-0.15, -0.1) is 0 Å².